The minimum absolute atomic E-state index is 0.536. The molecule has 1 fully saturated rings. The molecule has 7 nitrogen and oxygen atoms in total. The van der Waals surface area contributed by atoms with Crippen LogP contribution in [0.3, 0.4) is 0 Å². The van der Waals surface area contributed by atoms with Crippen LogP contribution in [0, 0.1) is 0 Å². The Kier molecular flexibility index (Phi) is 8.24. The van der Waals surface area contributed by atoms with Crippen molar-refractivity contribution in [3.63, 3.8) is 0 Å². The van der Waals surface area contributed by atoms with Crippen LogP contribution in [0.1, 0.15) is 32.1 Å². The van der Waals surface area contributed by atoms with Crippen molar-refractivity contribution >= 4 is 5.97 Å². The fourth-order valence-electron chi connectivity index (χ4n) is 1.36. The molecule has 0 spiro atoms. The normalized spacial score (nSPS) is 17.6. The minimum Gasteiger partial charge on any atom is -0.481 e. The van der Waals surface area contributed by atoms with Crippen LogP contribution >= 0.6 is 0 Å². The van der Waals surface area contributed by atoms with Crippen molar-refractivity contribution in [2.24, 2.45) is 10.8 Å². The molecule has 0 aliphatic heterocycles. The lowest BCUT2D eigenvalue weighted by atomic mass is 9.97. The Morgan fingerprint density at radius 1 is 1.50 bits per heavy atom. The molecule has 0 aromatic rings. The van der Waals surface area contributed by atoms with Crippen molar-refractivity contribution in [1.29, 1.82) is 0 Å². The summed E-state index contributed by atoms with van der Waals surface area (Å²) in [4.78, 5) is 12.1. The van der Waals surface area contributed by atoms with Crippen molar-refractivity contribution in [2.75, 3.05) is 6.61 Å². The number of nitrogens with zero attached hydrogens (tertiary/aromatic N) is 3. The first kappa shape index (κ1) is 14.7. The predicted octanol–water partition coefficient (Wildman–Crippen LogP) is 1.02. The Hall–Kier alpha value is -1.30. The molecule has 1 aliphatic carbocycles. The van der Waals surface area contributed by atoms with E-state index in [1.807, 2.05) is 0 Å². The Balaban J connectivity index is 0.000000288. The average molecular weight is 230 g/mol. The summed E-state index contributed by atoms with van der Waals surface area (Å²) in [7, 11) is 0. The molecular weight excluding hydrogens is 212 g/mol. The fourth-order valence-corrected chi connectivity index (χ4v) is 1.36. The molecule has 0 radical (unpaired) electrons. The van der Waals surface area contributed by atoms with Crippen molar-refractivity contribution in [1.82, 2.24) is 0 Å². The van der Waals surface area contributed by atoms with Gasteiger partial charge >= 0.3 is 5.97 Å². The Labute approximate surface area is 93.9 Å². The number of nitrogens with two attached hydrogens (primary N) is 1. The van der Waals surface area contributed by atoms with E-state index in [-0.39, 0.29) is 0 Å². The molecule has 1 saturated carbocycles. The van der Waals surface area contributed by atoms with Gasteiger partial charge in [-0.2, -0.15) is 0 Å². The number of rotatable bonds is 3. The van der Waals surface area contributed by atoms with Crippen molar-refractivity contribution in [3.8, 4) is 0 Å². The number of hydrogen-bond donors (Lipinski definition) is 3. The zero-order valence-corrected chi connectivity index (χ0v) is 9.12. The standard InChI is InChI=1S/C6H13N.C3H5N3O3/c7-6-4-2-1-3-5-6;4-6-5-2(1-7)3(8)9/h6H,1-5,7H2;2,7H,1H2,(H,8,9)/t;2-/m.0/s1. The van der Waals surface area contributed by atoms with Crippen molar-refractivity contribution in [2.45, 2.75) is 44.2 Å². The molecule has 0 bridgehead atoms. The van der Waals surface area contributed by atoms with Gasteiger partial charge in [-0.15, -0.1) is 0 Å². The highest BCUT2D eigenvalue weighted by Crippen LogP contribution is 2.14. The van der Waals surface area contributed by atoms with E-state index in [0.717, 1.165) is 0 Å². The van der Waals surface area contributed by atoms with Crippen LogP contribution < -0.4 is 5.73 Å². The maximum absolute atomic E-state index is 9.90. The molecule has 1 rings (SSSR count). The van der Waals surface area contributed by atoms with E-state index in [2.05, 4.69) is 10.0 Å². The SMILES string of the molecule is NC1CCCCC1.[N-]=[N+]=N[C@@H](CO)C(=O)O. The number of carbonyl (C=O) groups is 1. The topological polar surface area (TPSA) is 132 Å². The van der Waals surface area contributed by atoms with E-state index in [1.54, 1.807) is 0 Å². The van der Waals surface area contributed by atoms with Gasteiger partial charge in [-0.25, -0.2) is 0 Å². The van der Waals surface area contributed by atoms with Gasteiger partial charge in [0.15, 0.2) is 6.04 Å². The van der Waals surface area contributed by atoms with Gasteiger partial charge in [-0.3, -0.25) is 4.79 Å². The van der Waals surface area contributed by atoms with Crippen LogP contribution in [-0.2, 0) is 4.79 Å². The van der Waals surface area contributed by atoms with E-state index in [4.69, 9.17) is 21.5 Å². The second-order valence-electron chi connectivity index (χ2n) is 3.64. The summed E-state index contributed by atoms with van der Waals surface area (Å²) in [5.41, 5.74) is 13.3. The number of hydrogen-bond acceptors (Lipinski definition) is 4. The van der Waals surface area contributed by atoms with Crippen LogP contribution in [0.5, 0.6) is 0 Å². The van der Waals surface area contributed by atoms with Crippen LogP contribution in [0.4, 0.5) is 0 Å². The maximum Gasteiger partial charge on any atom is 0.314 e. The number of aliphatic carboxylic acids is 1. The van der Waals surface area contributed by atoms with E-state index in [1.165, 1.54) is 32.1 Å². The first-order valence-corrected chi connectivity index (χ1v) is 5.25. The fraction of sp³-hybridized carbons (Fsp3) is 0.889. The molecule has 0 amide bonds. The first-order chi connectivity index (χ1) is 7.61. The third-order valence-corrected chi connectivity index (χ3v) is 2.30. The second-order valence-corrected chi connectivity index (χ2v) is 3.64. The molecule has 7 heteroatoms. The highest BCUT2D eigenvalue weighted by molar-refractivity contribution is 5.73. The molecule has 0 unspecified atom stereocenters. The molecule has 92 valence electrons. The van der Waals surface area contributed by atoms with Gasteiger partial charge in [0.1, 0.15) is 0 Å². The highest BCUT2D eigenvalue weighted by atomic mass is 16.4. The number of aliphatic hydroxyl groups excluding tert-OH is 1. The smallest absolute Gasteiger partial charge is 0.314 e. The number of azide groups is 1. The third-order valence-electron chi connectivity index (χ3n) is 2.30. The van der Waals surface area contributed by atoms with E-state index in [9.17, 15) is 4.79 Å². The van der Waals surface area contributed by atoms with Gasteiger partial charge < -0.3 is 15.9 Å². The predicted molar refractivity (Wildman–Crippen MR) is 58.7 cm³/mol. The average Bonchev–Trinajstić information content (AvgIpc) is 2.27. The molecule has 16 heavy (non-hydrogen) atoms. The summed E-state index contributed by atoms with van der Waals surface area (Å²) in [5.74, 6) is -1.32. The van der Waals surface area contributed by atoms with Crippen molar-refractivity contribution in [3.05, 3.63) is 10.4 Å². The van der Waals surface area contributed by atoms with Crippen LogP contribution in [0.25, 0.3) is 10.4 Å². The lowest BCUT2D eigenvalue weighted by molar-refractivity contribution is -0.139. The molecule has 0 heterocycles. The van der Waals surface area contributed by atoms with E-state index >= 15 is 0 Å². The second kappa shape index (κ2) is 8.96. The molecule has 0 aromatic heterocycles. The molecule has 4 N–H and O–H groups in total. The summed E-state index contributed by atoms with van der Waals surface area (Å²) in [5, 5.41) is 19.0. The summed E-state index contributed by atoms with van der Waals surface area (Å²) in [6.45, 7) is -0.667. The van der Waals surface area contributed by atoms with Crippen LogP contribution in [-0.4, -0.2) is 34.9 Å². The minimum atomic E-state index is -1.35. The number of carboxylic acids is 1. The summed E-state index contributed by atoms with van der Waals surface area (Å²) >= 11 is 0. The quantitative estimate of drug-likeness (QED) is 0.379. The van der Waals surface area contributed by atoms with E-state index < -0.39 is 18.6 Å². The molecule has 0 saturated heterocycles. The summed E-state index contributed by atoms with van der Waals surface area (Å²) in [6.07, 6.45) is 6.66. The Morgan fingerprint density at radius 3 is 2.25 bits per heavy atom. The molecule has 1 aliphatic rings. The van der Waals surface area contributed by atoms with Gasteiger partial charge in [0.25, 0.3) is 0 Å². The molecule has 1 atom stereocenters. The summed E-state index contributed by atoms with van der Waals surface area (Å²) in [6, 6.07) is -0.816. The largest absolute Gasteiger partial charge is 0.481 e. The Bertz CT molecular complexity index is 245. The van der Waals surface area contributed by atoms with Gasteiger partial charge in [0, 0.05) is 11.0 Å². The lowest BCUT2D eigenvalue weighted by Crippen LogP contribution is -2.22. The highest BCUT2D eigenvalue weighted by Gasteiger charge is 2.12. The van der Waals surface area contributed by atoms with Gasteiger partial charge in [-0.05, 0) is 18.4 Å². The monoisotopic (exact) mass is 230 g/mol. The van der Waals surface area contributed by atoms with Gasteiger partial charge in [0.05, 0.1) is 6.61 Å². The zero-order valence-electron chi connectivity index (χ0n) is 9.12. The third kappa shape index (κ3) is 7.05. The summed E-state index contributed by atoms with van der Waals surface area (Å²) < 4.78 is 0. The van der Waals surface area contributed by atoms with Gasteiger partial charge in [-0.1, -0.05) is 24.4 Å². The first-order valence-electron chi connectivity index (χ1n) is 5.25. The number of aliphatic hydroxyl groups is 1. The van der Waals surface area contributed by atoms with Gasteiger partial charge in [0.2, 0.25) is 0 Å². The zero-order chi connectivity index (χ0) is 12.4. The molecular formula is C9H18N4O3. The Morgan fingerprint density at radius 2 is 2.06 bits per heavy atom. The van der Waals surface area contributed by atoms with Crippen LogP contribution in [0.15, 0.2) is 5.11 Å². The maximum atomic E-state index is 9.90. The van der Waals surface area contributed by atoms with Crippen LogP contribution in [0.2, 0.25) is 0 Å². The van der Waals surface area contributed by atoms with E-state index in [0.29, 0.717) is 6.04 Å². The van der Waals surface area contributed by atoms with Crippen molar-refractivity contribution < 1.29 is 15.0 Å². The number of carboxylic acid groups (broad SMARTS) is 1. The molecule has 0 aromatic carbocycles. The lowest BCUT2D eigenvalue weighted by Gasteiger charge is -2.15.